The van der Waals surface area contributed by atoms with E-state index in [4.69, 9.17) is 0 Å². The van der Waals surface area contributed by atoms with Crippen LogP contribution in [-0.4, -0.2) is 78.4 Å². The fourth-order valence-corrected chi connectivity index (χ4v) is 8.58. The van der Waals surface area contributed by atoms with Gasteiger partial charge in [0.15, 0.2) is 24.8 Å². The van der Waals surface area contributed by atoms with Crippen molar-refractivity contribution in [1.29, 1.82) is 0 Å². The predicted molar refractivity (Wildman–Crippen MR) is 279 cm³/mol. The zero-order valence-corrected chi connectivity index (χ0v) is 40.2. The van der Waals surface area contributed by atoms with Crippen LogP contribution >= 0.6 is 0 Å². The summed E-state index contributed by atoms with van der Waals surface area (Å²) < 4.78 is 0. The lowest BCUT2D eigenvalue weighted by Gasteiger charge is -2.17. The molecule has 78 heavy (non-hydrogen) atoms. The number of carboxylic acids is 8. The van der Waals surface area contributed by atoms with Crippen molar-refractivity contribution in [3.63, 3.8) is 0 Å². The molecule has 0 atom stereocenters. The third kappa shape index (κ3) is 12.0. The van der Waals surface area contributed by atoms with Gasteiger partial charge >= 0.3 is 35.8 Å². The van der Waals surface area contributed by atoms with E-state index in [-0.39, 0.29) is 0 Å². The molecule has 0 amide bonds. The number of carbonyl (C=O) groups excluding carboxylic acids is 2. The van der Waals surface area contributed by atoms with Crippen LogP contribution in [0.5, 0.6) is 0 Å². The molecule has 0 spiro atoms. The molecule has 0 unspecified atom stereocenters. The zero-order chi connectivity index (χ0) is 56.2. The van der Waals surface area contributed by atoms with Gasteiger partial charge in [-0.3, -0.25) is 0 Å². The largest absolute Gasteiger partial charge is 0.545 e. The van der Waals surface area contributed by atoms with Gasteiger partial charge in [0.2, 0.25) is 0 Å². The van der Waals surface area contributed by atoms with Gasteiger partial charge in [-0.05, 0) is 79.8 Å². The van der Waals surface area contributed by atoms with Gasteiger partial charge in [0.05, 0.1) is 45.3 Å². The van der Waals surface area contributed by atoms with Crippen molar-refractivity contribution in [1.82, 2.24) is 0 Å². The highest BCUT2D eigenvalue weighted by Gasteiger charge is 2.28. The van der Waals surface area contributed by atoms with E-state index in [0.29, 0.717) is 0 Å². The lowest BCUT2D eigenvalue weighted by Crippen LogP contribution is -2.24. The van der Waals surface area contributed by atoms with Gasteiger partial charge in [0.1, 0.15) is 0 Å². The van der Waals surface area contributed by atoms with Crippen molar-refractivity contribution < 1.29 is 89.2 Å². The summed E-state index contributed by atoms with van der Waals surface area (Å²) in [6.07, 6.45) is 11.8. The molecule has 0 saturated heterocycles. The predicted octanol–water partition coefficient (Wildman–Crippen LogP) is 7.69. The average Bonchev–Trinajstić information content (AvgIpc) is 3.45. The Balaban J connectivity index is 0.000000154. The first kappa shape index (κ1) is 54.4. The molecule has 2 aromatic heterocycles. The summed E-state index contributed by atoms with van der Waals surface area (Å²) in [5.74, 6) is -12.7. The number of hydrogen-bond donors (Lipinski definition) is 6. The maximum absolute atomic E-state index is 11.4. The average molecular weight is 1040 g/mol. The van der Waals surface area contributed by atoms with Crippen molar-refractivity contribution in [3.8, 4) is 22.3 Å². The molecule has 18 heteroatoms. The minimum atomic E-state index is -1.76. The van der Waals surface area contributed by atoms with Crippen LogP contribution in [0.4, 0.5) is 0 Å². The van der Waals surface area contributed by atoms with Gasteiger partial charge in [0.25, 0.3) is 0 Å². The Labute approximate surface area is 440 Å². The van der Waals surface area contributed by atoms with Crippen LogP contribution in [0.15, 0.2) is 183 Å². The maximum atomic E-state index is 11.4. The highest BCUT2D eigenvalue weighted by molar-refractivity contribution is 6.23. The Morgan fingerprint density at radius 2 is 0.500 bits per heavy atom. The quantitative estimate of drug-likeness (QED) is 0.0638. The van der Waals surface area contributed by atoms with Crippen LogP contribution in [0.2, 0.25) is 0 Å². The van der Waals surface area contributed by atoms with E-state index >= 15 is 0 Å². The topological polar surface area (TPSA) is 332 Å². The van der Waals surface area contributed by atoms with Gasteiger partial charge in [-0.15, -0.1) is 0 Å². The SMILES string of the molecule is C(=C\c1cc[nH+]cc1)/c1cc[nH+]cc1.O=C([O-])c1cccc(C(=O)O)c1-c1c(C(=O)O)cccc1C(=O)O.O=C([O-])c1cccc(C(=O)O)c1-c1c(C(=O)O)cccc1C(=O)O.c1cc2ccc3cccc4ccc(c1)c2c34. The van der Waals surface area contributed by atoms with Gasteiger partial charge in [-0.2, -0.15) is 0 Å². The van der Waals surface area contributed by atoms with E-state index in [1.54, 1.807) is 0 Å². The molecular formula is C60H40N2O16. The number of pyridine rings is 2. The Hall–Kier alpha value is -11.4. The molecule has 0 saturated carbocycles. The van der Waals surface area contributed by atoms with Crippen LogP contribution in [0.3, 0.4) is 0 Å². The first-order valence-corrected chi connectivity index (χ1v) is 23.0. The minimum Gasteiger partial charge on any atom is -0.545 e. The van der Waals surface area contributed by atoms with Crippen molar-refractivity contribution >= 4 is 92.2 Å². The Bertz CT molecular complexity index is 3410. The molecular weight excluding hydrogens is 1000 g/mol. The molecule has 18 nitrogen and oxygen atoms in total. The highest BCUT2D eigenvalue weighted by atomic mass is 16.4. The summed E-state index contributed by atoms with van der Waals surface area (Å²) in [5, 5.41) is 86.5. The molecule has 8 aromatic carbocycles. The van der Waals surface area contributed by atoms with Gasteiger partial charge in [-0.25, -0.2) is 38.7 Å². The number of aromatic nitrogens is 2. The van der Waals surface area contributed by atoms with Crippen LogP contribution in [0, 0.1) is 0 Å². The molecule has 10 rings (SSSR count). The number of rotatable bonds is 12. The molecule has 10 aromatic rings. The Morgan fingerprint density at radius 1 is 0.295 bits per heavy atom. The Kier molecular flexibility index (Phi) is 16.8. The lowest BCUT2D eigenvalue weighted by atomic mass is 9.87. The molecule has 0 aliphatic heterocycles. The molecule has 2 heterocycles. The maximum Gasteiger partial charge on any atom is 0.336 e. The van der Waals surface area contributed by atoms with E-state index < -0.39 is 115 Å². The summed E-state index contributed by atoms with van der Waals surface area (Å²) >= 11 is 0. The number of benzene rings is 8. The number of carboxylic acid groups (broad SMARTS) is 8. The molecule has 386 valence electrons. The summed E-state index contributed by atoms with van der Waals surface area (Å²) in [4.78, 5) is 97.2. The zero-order valence-electron chi connectivity index (χ0n) is 40.2. The van der Waals surface area contributed by atoms with Crippen molar-refractivity contribution in [2.24, 2.45) is 0 Å². The first-order valence-electron chi connectivity index (χ1n) is 23.0. The smallest absolute Gasteiger partial charge is 0.336 e. The molecule has 0 aliphatic rings. The second kappa shape index (κ2) is 24.1. The second-order valence-electron chi connectivity index (χ2n) is 16.6. The summed E-state index contributed by atoms with van der Waals surface area (Å²) in [5.41, 5.74) is -4.16. The Morgan fingerprint density at radius 3 is 0.718 bits per heavy atom. The third-order valence-electron chi connectivity index (χ3n) is 11.9. The summed E-state index contributed by atoms with van der Waals surface area (Å²) in [6.45, 7) is 0. The van der Waals surface area contributed by atoms with E-state index in [0.717, 1.165) is 60.7 Å². The third-order valence-corrected chi connectivity index (χ3v) is 11.9. The van der Waals surface area contributed by atoms with Crippen LogP contribution in [0.1, 0.15) is 94.0 Å². The standard InChI is InChI=1S/2C16H10O8.C16H10.C12H10N2/c2*17-13(18)7-3-1-4-8(14(19)20)11(7)12-9(15(21)22)5-2-6-10(12)16(23)24;1-3-11-7-9-13-5-2-6-14-10-8-12(4-1)15(11)16(13)14;1(11-3-7-13-8-4-11)2-12-5-9-14-10-6-12/h2*1-6H,(H,17,18)(H,19,20)(H,21,22)(H,23,24);1-10H;1-10H/b;;;2-1+. The van der Waals surface area contributed by atoms with Gasteiger partial charge < -0.3 is 50.4 Å². The van der Waals surface area contributed by atoms with E-state index in [9.17, 15) is 79.2 Å². The minimum absolute atomic E-state index is 0.505. The number of nitrogens with one attached hydrogen (secondary N) is 2. The molecule has 0 bridgehead atoms. The van der Waals surface area contributed by atoms with Gasteiger partial charge in [0, 0.05) is 57.6 Å². The van der Waals surface area contributed by atoms with Crippen molar-refractivity contribution in [3.05, 3.63) is 238 Å². The lowest BCUT2D eigenvalue weighted by molar-refractivity contribution is -0.378. The number of hydrogen-bond acceptors (Lipinski definition) is 10. The molecule has 8 N–H and O–H groups in total. The van der Waals surface area contributed by atoms with Crippen molar-refractivity contribution in [2.75, 3.05) is 0 Å². The first-order chi connectivity index (χ1) is 37.4. The normalized spacial score (nSPS) is 10.6. The summed E-state index contributed by atoms with van der Waals surface area (Å²) in [7, 11) is 0. The molecule has 0 fully saturated rings. The fraction of sp³-hybridized carbons (Fsp3) is 0. The van der Waals surface area contributed by atoms with E-state index in [2.05, 4.69) is 82.8 Å². The monoisotopic (exact) mass is 1040 g/mol. The molecule has 0 radical (unpaired) electrons. The summed E-state index contributed by atoms with van der Waals surface area (Å²) in [6, 6.07) is 43.0. The van der Waals surface area contributed by atoms with Crippen molar-refractivity contribution in [2.45, 2.75) is 0 Å². The van der Waals surface area contributed by atoms with E-state index in [1.165, 1.54) is 55.6 Å². The second-order valence-corrected chi connectivity index (χ2v) is 16.6. The number of carbonyl (C=O) groups is 8. The fourth-order valence-electron chi connectivity index (χ4n) is 8.58. The highest BCUT2D eigenvalue weighted by Crippen LogP contribution is 2.37. The number of aromatic amines is 2. The van der Waals surface area contributed by atoms with Crippen LogP contribution in [-0.2, 0) is 0 Å². The molecule has 0 aliphatic carbocycles. The van der Waals surface area contributed by atoms with E-state index in [1.807, 2.05) is 49.1 Å². The number of aromatic carboxylic acids is 8. The van der Waals surface area contributed by atoms with Crippen LogP contribution < -0.4 is 20.2 Å². The number of H-pyrrole nitrogens is 2. The van der Waals surface area contributed by atoms with Gasteiger partial charge in [-0.1, -0.05) is 109 Å². The van der Waals surface area contributed by atoms with Crippen LogP contribution in [0.25, 0.3) is 66.7 Å².